The second-order valence-corrected chi connectivity index (χ2v) is 7.20. The lowest BCUT2D eigenvalue weighted by Gasteiger charge is -2.13. The van der Waals surface area contributed by atoms with Crippen LogP contribution in [0.5, 0.6) is 5.75 Å². The molecule has 2 amide bonds. The van der Waals surface area contributed by atoms with E-state index < -0.39 is 22.7 Å². The highest BCUT2D eigenvalue weighted by atomic mass is 16.6. The molecule has 180 valence electrons. The first-order chi connectivity index (χ1) is 16.7. The van der Waals surface area contributed by atoms with Gasteiger partial charge in [-0.15, -0.1) is 0 Å². The summed E-state index contributed by atoms with van der Waals surface area (Å²) < 4.78 is 10.2. The number of benzene rings is 3. The lowest BCUT2D eigenvalue weighted by atomic mass is 10.1. The predicted octanol–water partition coefficient (Wildman–Crippen LogP) is 3.87. The zero-order valence-corrected chi connectivity index (χ0v) is 18.9. The molecule has 3 aromatic carbocycles. The molecule has 3 aromatic rings. The molecule has 0 saturated heterocycles. The van der Waals surface area contributed by atoms with Gasteiger partial charge in [-0.2, -0.15) is 0 Å². The topological polar surface area (TPSA) is 163 Å². The third-order valence-corrected chi connectivity index (χ3v) is 4.73. The number of esters is 1. The molecule has 0 aliphatic rings. The van der Waals surface area contributed by atoms with E-state index in [4.69, 9.17) is 15.2 Å². The Morgan fingerprint density at radius 1 is 0.943 bits per heavy atom. The van der Waals surface area contributed by atoms with Crippen molar-refractivity contribution in [2.24, 2.45) is 0 Å². The number of nitro groups is 1. The fourth-order valence-electron chi connectivity index (χ4n) is 3.20. The van der Waals surface area contributed by atoms with Crippen LogP contribution in [-0.2, 0) is 4.74 Å². The molecule has 35 heavy (non-hydrogen) atoms. The molecule has 0 unspecified atom stereocenters. The molecule has 0 fully saturated rings. The van der Waals surface area contributed by atoms with Gasteiger partial charge in [-0.1, -0.05) is 12.1 Å². The van der Waals surface area contributed by atoms with Crippen molar-refractivity contribution in [2.75, 3.05) is 30.1 Å². The quantitative estimate of drug-likeness (QED) is 0.190. The summed E-state index contributed by atoms with van der Waals surface area (Å²) in [6, 6.07) is 14.0. The van der Waals surface area contributed by atoms with Gasteiger partial charge in [0, 0.05) is 34.8 Å². The van der Waals surface area contributed by atoms with Gasteiger partial charge in [0.15, 0.2) is 0 Å². The summed E-state index contributed by atoms with van der Waals surface area (Å²) in [4.78, 5) is 48.5. The van der Waals surface area contributed by atoms with Crippen LogP contribution < -0.4 is 21.1 Å². The lowest BCUT2D eigenvalue weighted by molar-refractivity contribution is -0.385. The average Bonchev–Trinajstić information content (AvgIpc) is 2.83. The van der Waals surface area contributed by atoms with Gasteiger partial charge in [-0.25, -0.2) is 4.79 Å². The molecule has 3 rings (SSSR count). The maximum absolute atomic E-state index is 12.8. The standard InChI is InChI=1S/C24H22N4O7/c1-3-35-24(31)15-9-17(26-22(29)14-8-16(25)12-19(11-14)34-2)13-18(10-15)27-23(30)20-6-4-5-7-21(20)28(32)33/h4-13H,3,25H2,1-2H3,(H,26,29)(H,27,30). The van der Waals surface area contributed by atoms with Crippen molar-refractivity contribution in [3.05, 3.63) is 87.5 Å². The minimum atomic E-state index is -0.767. The summed E-state index contributed by atoms with van der Waals surface area (Å²) in [5.41, 5.74) is 6.11. The number of nitrogen functional groups attached to an aromatic ring is 1. The Morgan fingerprint density at radius 2 is 1.60 bits per heavy atom. The summed E-state index contributed by atoms with van der Waals surface area (Å²) >= 11 is 0. The first-order valence-corrected chi connectivity index (χ1v) is 10.3. The molecule has 0 saturated carbocycles. The van der Waals surface area contributed by atoms with Crippen molar-refractivity contribution in [3.63, 3.8) is 0 Å². The number of nitrogens with zero attached hydrogens (tertiary/aromatic N) is 1. The highest BCUT2D eigenvalue weighted by Gasteiger charge is 2.20. The van der Waals surface area contributed by atoms with Gasteiger partial charge in [0.25, 0.3) is 17.5 Å². The van der Waals surface area contributed by atoms with Gasteiger partial charge >= 0.3 is 5.97 Å². The van der Waals surface area contributed by atoms with Gasteiger partial charge in [0.05, 0.1) is 24.2 Å². The van der Waals surface area contributed by atoms with Gasteiger partial charge in [-0.3, -0.25) is 19.7 Å². The number of nitrogens with one attached hydrogen (secondary N) is 2. The van der Waals surface area contributed by atoms with E-state index in [9.17, 15) is 24.5 Å². The molecule has 0 radical (unpaired) electrons. The molecular weight excluding hydrogens is 456 g/mol. The fourth-order valence-corrected chi connectivity index (χ4v) is 3.20. The van der Waals surface area contributed by atoms with E-state index in [2.05, 4.69) is 10.6 Å². The number of nitro benzene ring substituents is 1. The van der Waals surface area contributed by atoms with Crippen LogP contribution in [0.1, 0.15) is 38.0 Å². The van der Waals surface area contributed by atoms with Crippen LogP contribution in [0, 0.1) is 10.1 Å². The smallest absolute Gasteiger partial charge is 0.338 e. The molecule has 0 aromatic heterocycles. The summed E-state index contributed by atoms with van der Waals surface area (Å²) in [5.74, 6) is -1.62. The Bertz CT molecular complexity index is 1310. The Morgan fingerprint density at radius 3 is 2.23 bits per heavy atom. The normalized spacial score (nSPS) is 10.2. The molecule has 0 spiro atoms. The molecular formula is C24H22N4O7. The number of methoxy groups -OCH3 is 1. The van der Waals surface area contributed by atoms with E-state index in [-0.39, 0.29) is 40.4 Å². The minimum absolute atomic E-state index is 0.0488. The van der Waals surface area contributed by atoms with Crippen LogP contribution in [-0.4, -0.2) is 36.4 Å². The van der Waals surface area contributed by atoms with Crippen LogP contribution in [0.25, 0.3) is 0 Å². The molecule has 4 N–H and O–H groups in total. The number of carbonyl (C=O) groups is 3. The minimum Gasteiger partial charge on any atom is -0.497 e. The third-order valence-electron chi connectivity index (χ3n) is 4.73. The second kappa shape index (κ2) is 10.8. The maximum Gasteiger partial charge on any atom is 0.338 e. The number of para-hydroxylation sites is 1. The van der Waals surface area contributed by atoms with Gasteiger partial charge in [0.2, 0.25) is 0 Å². The zero-order chi connectivity index (χ0) is 25.5. The van der Waals surface area contributed by atoms with Crippen molar-refractivity contribution in [2.45, 2.75) is 6.92 Å². The van der Waals surface area contributed by atoms with E-state index in [1.807, 2.05) is 0 Å². The van der Waals surface area contributed by atoms with Gasteiger partial charge in [0.1, 0.15) is 11.3 Å². The summed E-state index contributed by atoms with van der Waals surface area (Å²) in [6.07, 6.45) is 0. The number of anilines is 3. The Balaban J connectivity index is 1.94. The summed E-state index contributed by atoms with van der Waals surface area (Å²) in [7, 11) is 1.44. The van der Waals surface area contributed by atoms with E-state index in [1.165, 1.54) is 61.7 Å². The van der Waals surface area contributed by atoms with E-state index >= 15 is 0 Å². The van der Waals surface area contributed by atoms with Crippen LogP contribution in [0.15, 0.2) is 60.7 Å². The van der Waals surface area contributed by atoms with Crippen molar-refractivity contribution in [3.8, 4) is 5.75 Å². The number of hydrogen-bond donors (Lipinski definition) is 3. The third kappa shape index (κ3) is 6.11. The SMILES string of the molecule is CCOC(=O)c1cc(NC(=O)c2cc(N)cc(OC)c2)cc(NC(=O)c2ccccc2[N+](=O)[O-])c1. The highest BCUT2D eigenvalue weighted by molar-refractivity contribution is 6.09. The number of nitrogens with two attached hydrogens (primary N) is 1. The number of ether oxygens (including phenoxy) is 2. The van der Waals surface area contributed by atoms with Crippen molar-refractivity contribution in [1.29, 1.82) is 0 Å². The number of amides is 2. The van der Waals surface area contributed by atoms with E-state index in [1.54, 1.807) is 13.0 Å². The monoisotopic (exact) mass is 478 g/mol. The number of rotatable bonds is 8. The molecule has 0 aliphatic carbocycles. The van der Waals surface area contributed by atoms with Crippen molar-refractivity contribution >= 4 is 40.5 Å². The largest absolute Gasteiger partial charge is 0.497 e. The number of hydrogen-bond acceptors (Lipinski definition) is 8. The van der Waals surface area contributed by atoms with Crippen LogP contribution in [0.3, 0.4) is 0 Å². The van der Waals surface area contributed by atoms with E-state index in [0.29, 0.717) is 11.4 Å². The average molecular weight is 478 g/mol. The molecule has 11 heteroatoms. The van der Waals surface area contributed by atoms with Crippen LogP contribution in [0.2, 0.25) is 0 Å². The zero-order valence-electron chi connectivity index (χ0n) is 18.9. The Labute approximate surface area is 200 Å². The molecule has 0 bridgehead atoms. The van der Waals surface area contributed by atoms with Crippen molar-refractivity contribution in [1.82, 2.24) is 0 Å². The first-order valence-electron chi connectivity index (χ1n) is 10.3. The van der Waals surface area contributed by atoms with Gasteiger partial charge < -0.3 is 25.8 Å². The Hall–Kier alpha value is -4.93. The van der Waals surface area contributed by atoms with E-state index in [0.717, 1.165) is 0 Å². The van der Waals surface area contributed by atoms with Crippen LogP contribution >= 0.6 is 0 Å². The lowest BCUT2D eigenvalue weighted by Crippen LogP contribution is -2.16. The summed E-state index contributed by atoms with van der Waals surface area (Å²) in [6.45, 7) is 1.74. The Kier molecular flexibility index (Phi) is 7.62. The fraction of sp³-hybridized carbons (Fsp3) is 0.125. The maximum atomic E-state index is 12.8. The number of carbonyl (C=O) groups excluding carboxylic acids is 3. The van der Waals surface area contributed by atoms with Crippen LogP contribution in [0.4, 0.5) is 22.7 Å². The molecule has 0 atom stereocenters. The molecule has 0 aliphatic heterocycles. The highest BCUT2D eigenvalue weighted by Crippen LogP contribution is 2.25. The molecule has 0 heterocycles. The van der Waals surface area contributed by atoms with Crippen molar-refractivity contribution < 1.29 is 28.8 Å². The first kappa shape index (κ1) is 24.7. The summed E-state index contributed by atoms with van der Waals surface area (Å²) in [5, 5.41) is 16.4. The van der Waals surface area contributed by atoms with Gasteiger partial charge in [-0.05, 0) is 43.3 Å². The predicted molar refractivity (Wildman–Crippen MR) is 129 cm³/mol. The second-order valence-electron chi connectivity index (χ2n) is 7.20. The molecule has 11 nitrogen and oxygen atoms in total.